The zero-order valence-electron chi connectivity index (χ0n) is 19.7. The van der Waals surface area contributed by atoms with E-state index >= 15 is 0 Å². The van der Waals surface area contributed by atoms with E-state index in [1.807, 2.05) is 18.2 Å². The van der Waals surface area contributed by atoms with Gasteiger partial charge in [0.15, 0.2) is 0 Å². The topological polar surface area (TPSA) is 84.2 Å². The molecule has 1 atom stereocenters. The van der Waals surface area contributed by atoms with E-state index in [1.54, 1.807) is 18.3 Å². The van der Waals surface area contributed by atoms with Gasteiger partial charge in [0.05, 0.1) is 11.6 Å². The number of halogens is 1. The molecule has 0 radical (unpaired) electrons. The Labute approximate surface area is 208 Å². The van der Waals surface area contributed by atoms with Crippen molar-refractivity contribution in [1.82, 2.24) is 20.4 Å². The van der Waals surface area contributed by atoms with Gasteiger partial charge in [0.1, 0.15) is 11.6 Å². The van der Waals surface area contributed by atoms with Crippen molar-refractivity contribution in [2.24, 2.45) is 5.92 Å². The number of benzene rings is 2. The summed E-state index contributed by atoms with van der Waals surface area (Å²) in [6.07, 6.45) is 5.20. The molecule has 1 saturated heterocycles. The second kappa shape index (κ2) is 9.53. The van der Waals surface area contributed by atoms with Gasteiger partial charge in [-0.05, 0) is 61.1 Å². The number of aromatic nitrogens is 3. The van der Waals surface area contributed by atoms with Crippen LogP contribution in [0.2, 0.25) is 0 Å². The molecule has 1 aliphatic carbocycles. The third kappa shape index (κ3) is 4.34. The van der Waals surface area contributed by atoms with Gasteiger partial charge < -0.3 is 14.7 Å². The summed E-state index contributed by atoms with van der Waals surface area (Å²) in [7, 11) is 0. The second-order valence-electron chi connectivity index (χ2n) is 9.37. The summed E-state index contributed by atoms with van der Waals surface area (Å²) in [4.78, 5) is 24.3. The molecule has 0 saturated carbocycles. The Morgan fingerprint density at radius 1 is 1.03 bits per heavy atom. The molecule has 4 aromatic rings. The summed E-state index contributed by atoms with van der Waals surface area (Å²) in [5, 5.41) is 7.32. The molecular formula is C28H26FN5O2. The molecule has 1 N–H and O–H groups in total. The number of amides is 1. The molecule has 0 unspecified atom stereocenters. The van der Waals surface area contributed by atoms with Crippen LogP contribution in [-0.2, 0) is 11.2 Å². The van der Waals surface area contributed by atoms with Gasteiger partial charge in [0.25, 0.3) is 5.89 Å². The molecule has 6 rings (SSSR count). The van der Waals surface area contributed by atoms with Crippen LogP contribution in [0.3, 0.4) is 0 Å². The lowest BCUT2D eigenvalue weighted by Crippen LogP contribution is -2.41. The molecule has 36 heavy (non-hydrogen) atoms. The highest BCUT2D eigenvalue weighted by molar-refractivity contribution is 5.80. The molecule has 2 aromatic carbocycles. The molecule has 7 nitrogen and oxygen atoms in total. The summed E-state index contributed by atoms with van der Waals surface area (Å²) in [6.45, 7) is 1.41. The first-order valence-electron chi connectivity index (χ1n) is 12.3. The first-order chi connectivity index (χ1) is 17.7. The van der Waals surface area contributed by atoms with Gasteiger partial charge in [-0.1, -0.05) is 41.6 Å². The molecule has 1 aliphatic heterocycles. The number of anilines is 1. The molecule has 0 spiro atoms. The van der Waals surface area contributed by atoms with Gasteiger partial charge in [-0.3, -0.25) is 4.79 Å². The highest BCUT2D eigenvalue weighted by Crippen LogP contribution is 2.34. The van der Waals surface area contributed by atoms with E-state index in [0.717, 1.165) is 37.1 Å². The van der Waals surface area contributed by atoms with Crippen LogP contribution in [0, 0.1) is 11.7 Å². The molecule has 8 heteroatoms. The minimum absolute atomic E-state index is 0.0239. The smallest absolute Gasteiger partial charge is 0.261 e. The maximum absolute atomic E-state index is 13.6. The predicted molar refractivity (Wildman–Crippen MR) is 134 cm³/mol. The van der Waals surface area contributed by atoms with Crippen molar-refractivity contribution in [2.75, 3.05) is 18.0 Å². The predicted octanol–water partition coefficient (Wildman–Crippen LogP) is 4.96. The number of carbonyl (C=O) groups is 1. The molecule has 0 bridgehead atoms. The first kappa shape index (κ1) is 22.4. The second-order valence-corrected chi connectivity index (χ2v) is 9.37. The average Bonchev–Trinajstić information content (AvgIpc) is 3.57. The monoisotopic (exact) mass is 483 g/mol. The summed E-state index contributed by atoms with van der Waals surface area (Å²) in [6, 6.07) is 18.3. The lowest BCUT2D eigenvalue weighted by atomic mass is 9.95. The lowest BCUT2D eigenvalue weighted by Gasteiger charge is -2.33. The normalized spacial score (nSPS) is 17.7. The SMILES string of the molecule is O=C(N[C@H]1CCc2ccccc21)C1CCN(c2ncccc2-c2nc(-c3cccc(F)c3)no2)CC1. The number of nitrogens with one attached hydrogen (secondary N) is 1. The average molecular weight is 484 g/mol. The maximum atomic E-state index is 13.6. The lowest BCUT2D eigenvalue weighted by molar-refractivity contribution is -0.126. The van der Waals surface area contributed by atoms with Crippen molar-refractivity contribution in [3.63, 3.8) is 0 Å². The Kier molecular flexibility index (Phi) is 5.93. The van der Waals surface area contributed by atoms with Crippen LogP contribution in [0.5, 0.6) is 0 Å². The molecule has 182 valence electrons. The number of piperidine rings is 1. The van der Waals surface area contributed by atoms with Crippen LogP contribution in [0.1, 0.15) is 36.4 Å². The largest absolute Gasteiger partial charge is 0.356 e. The number of nitrogens with zero attached hydrogens (tertiary/aromatic N) is 4. The summed E-state index contributed by atoms with van der Waals surface area (Å²) in [5.41, 5.74) is 3.85. The van der Waals surface area contributed by atoms with E-state index in [2.05, 4.69) is 43.5 Å². The zero-order valence-corrected chi connectivity index (χ0v) is 19.7. The van der Waals surface area contributed by atoms with E-state index in [1.165, 1.54) is 23.3 Å². The number of hydrogen-bond donors (Lipinski definition) is 1. The van der Waals surface area contributed by atoms with Crippen molar-refractivity contribution in [3.05, 3.63) is 83.8 Å². The molecule has 3 heterocycles. The number of rotatable bonds is 5. The van der Waals surface area contributed by atoms with Gasteiger partial charge >= 0.3 is 0 Å². The minimum Gasteiger partial charge on any atom is -0.356 e. The van der Waals surface area contributed by atoms with Crippen molar-refractivity contribution in [1.29, 1.82) is 0 Å². The Morgan fingerprint density at radius 3 is 2.75 bits per heavy atom. The summed E-state index contributed by atoms with van der Waals surface area (Å²) in [5.74, 6) is 1.15. The first-order valence-corrected chi connectivity index (χ1v) is 12.3. The summed E-state index contributed by atoms with van der Waals surface area (Å²) >= 11 is 0. The fourth-order valence-electron chi connectivity index (χ4n) is 5.24. The third-order valence-corrected chi connectivity index (χ3v) is 7.14. The van der Waals surface area contributed by atoms with E-state index in [9.17, 15) is 9.18 Å². The van der Waals surface area contributed by atoms with E-state index in [-0.39, 0.29) is 23.7 Å². The Morgan fingerprint density at radius 2 is 1.89 bits per heavy atom. The van der Waals surface area contributed by atoms with E-state index in [4.69, 9.17) is 4.52 Å². The number of aryl methyl sites for hydroxylation is 1. The third-order valence-electron chi connectivity index (χ3n) is 7.14. The van der Waals surface area contributed by atoms with Gasteiger partial charge in [0, 0.05) is 30.8 Å². The number of fused-ring (bicyclic) bond motifs is 1. The van der Waals surface area contributed by atoms with Crippen LogP contribution in [-0.4, -0.2) is 34.1 Å². The fourth-order valence-corrected chi connectivity index (χ4v) is 5.24. The van der Waals surface area contributed by atoms with Crippen LogP contribution in [0.4, 0.5) is 10.2 Å². The van der Waals surface area contributed by atoms with Crippen molar-refractivity contribution in [2.45, 2.75) is 31.7 Å². The van der Waals surface area contributed by atoms with Crippen molar-refractivity contribution < 1.29 is 13.7 Å². The van der Waals surface area contributed by atoms with Crippen LogP contribution in [0.15, 0.2) is 71.4 Å². The standard InChI is InChI=1S/C28H26FN5O2/c29-21-7-3-6-20(17-21)25-32-28(36-33-25)23-9-4-14-30-26(23)34-15-12-19(13-16-34)27(35)31-24-11-10-18-5-1-2-8-22(18)24/h1-9,14,17,19,24H,10-13,15-16H2,(H,31,35)/t24-/m0/s1. The van der Waals surface area contributed by atoms with Gasteiger partial charge in [-0.25, -0.2) is 9.37 Å². The van der Waals surface area contributed by atoms with Crippen LogP contribution >= 0.6 is 0 Å². The highest BCUT2D eigenvalue weighted by Gasteiger charge is 2.31. The molecule has 1 amide bonds. The molecule has 2 aromatic heterocycles. The quantitative estimate of drug-likeness (QED) is 0.432. The van der Waals surface area contributed by atoms with E-state index in [0.29, 0.717) is 30.4 Å². The highest BCUT2D eigenvalue weighted by atomic mass is 19.1. The van der Waals surface area contributed by atoms with E-state index < -0.39 is 0 Å². The zero-order chi connectivity index (χ0) is 24.5. The van der Waals surface area contributed by atoms with Gasteiger partial charge in [-0.15, -0.1) is 0 Å². The van der Waals surface area contributed by atoms with Crippen molar-refractivity contribution >= 4 is 11.7 Å². The van der Waals surface area contributed by atoms with Crippen LogP contribution in [0.25, 0.3) is 22.8 Å². The molecular weight excluding hydrogens is 457 g/mol. The van der Waals surface area contributed by atoms with Crippen LogP contribution < -0.4 is 10.2 Å². The van der Waals surface area contributed by atoms with Crippen molar-refractivity contribution in [3.8, 4) is 22.8 Å². The molecule has 1 fully saturated rings. The number of carbonyl (C=O) groups excluding carboxylic acids is 1. The summed E-state index contributed by atoms with van der Waals surface area (Å²) < 4.78 is 19.2. The maximum Gasteiger partial charge on any atom is 0.261 e. The Balaban J connectivity index is 1.13. The number of pyridine rings is 1. The Bertz CT molecular complexity index is 1400. The molecule has 2 aliphatic rings. The Hall–Kier alpha value is -4.07. The van der Waals surface area contributed by atoms with Gasteiger partial charge in [0.2, 0.25) is 11.7 Å². The number of hydrogen-bond acceptors (Lipinski definition) is 6. The van der Waals surface area contributed by atoms with Gasteiger partial charge in [-0.2, -0.15) is 4.98 Å². The minimum atomic E-state index is -0.357. The fraction of sp³-hybridized carbons (Fsp3) is 0.286.